The Morgan fingerprint density at radius 1 is 1.00 bits per heavy atom. The van der Waals surface area contributed by atoms with Crippen molar-refractivity contribution in [3.8, 4) is 0 Å². The number of carbonyl (C=O) groups is 1. The number of nitrogens with two attached hydrogens (primary N) is 2. The molecule has 2 aliphatic heterocycles. The molecule has 0 bridgehead atoms. The lowest BCUT2D eigenvalue weighted by molar-refractivity contribution is -0.120. The maximum atomic E-state index is 10.4. The van der Waals surface area contributed by atoms with Gasteiger partial charge in [-0.15, -0.1) is 0 Å². The van der Waals surface area contributed by atoms with Gasteiger partial charge >= 0.3 is 0 Å². The lowest BCUT2D eigenvalue weighted by Crippen LogP contribution is -2.44. The standard InChI is InChI=1S/C6H12N2O2.C5H11N3O.C2H6/c7-6(9)5-8-1-3-10-4-2-8;6-5(7)8-1-3-9-4-2-8;1-2/h1-5H2,(H2,7,9);1-4H2,(H3,6,7);1-2H3. The van der Waals surface area contributed by atoms with E-state index >= 15 is 0 Å². The minimum atomic E-state index is -0.262. The molecule has 2 rings (SSSR count). The molecule has 0 aromatic carbocycles. The summed E-state index contributed by atoms with van der Waals surface area (Å²) < 4.78 is 10.1. The lowest BCUT2D eigenvalue weighted by Gasteiger charge is -2.26. The summed E-state index contributed by atoms with van der Waals surface area (Å²) >= 11 is 0. The number of rotatable bonds is 2. The van der Waals surface area contributed by atoms with Gasteiger partial charge in [-0.05, 0) is 0 Å². The van der Waals surface area contributed by atoms with Gasteiger partial charge in [0, 0.05) is 26.2 Å². The van der Waals surface area contributed by atoms with E-state index in [0.29, 0.717) is 33.0 Å². The Hall–Kier alpha value is -1.38. The largest absolute Gasteiger partial charge is 0.379 e. The van der Waals surface area contributed by atoms with Crippen molar-refractivity contribution in [1.82, 2.24) is 9.80 Å². The van der Waals surface area contributed by atoms with Crippen LogP contribution in [0.25, 0.3) is 0 Å². The number of ether oxygens (including phenoxy) is 2. The second-order valence-electron chi connectivity index (χ2n) is 4.34. The zero-order chi connectivity index (χ0) is 16.1. The van der Waals surface area contributed by atoms with Crippen molar-refractivity contribution in [3.05, 3.63) is 0 Å². The Kier molecular flexibility index (Phi) is 11.6. The molecular weight excluding hydrogens is 274 g/mol. The molecule has 124 valence electrons. The Morgan fingerprint density at radius 3 is 1.76 bits per heavy atom. The third-order valence-electron chi connectivity index (χ3n) is 2.83. The van der Waals surface area contributed by atoms with Crippen LogP contribution in [0.5, 0.6) is 0 Å². The van der Waals surface area contributed by atoms with E-state index in [9.17, 15) is 4.79 Å². The first kappa shape index (κ1) is 19.6. The van der Waals surface area contributed by atoms with Crippen molar-refractivity contribution in [2.45, 2.75) is 13.8 Å². The molecule has 1 amide bonds. The summed E-state index contributed by atoms with van der Waals surface area (Å²) in [7, 11) is 0. The first-order chi connectivity index (χ1) is 10.1. The topological polar surface area (TPSA) is 118 Å². The molecule has 2 aliphatic rings. The molecule has 0 atom stereocenters. The second kappa shape index (κ2) is 12.4. The fraction of sp³-hybridized carbons (Fsp3) is 0.846. The van der Waals surface area contributed by atoms with Crippen LogP contribution in [0, 0.1) is 5.41 Å². The number of amides is 1. The van der Waals surface area contributed by atoms with Gasteiger partial charge in [-0.2, -0.15) is 0 Å². The van der Waals surface area contributed by atoms with Crippen molar-refractivity contribution < 1.29 is 14.3 Å². The summed E-state index contributed by atoms with van der Waals surface area (Å²) in [5.74, 6) is -0.111. The molecule has 2 saturated heterocycles. The molecular formula is C13H29N5O3. The van der Waals surface area contributed by atoms with Crippen molar-refractivity contribution in [1.29, 1.82) is 5.41 Å². The van der Waals surface area contributed by atoms with Gasteiger partial charge in [0.05, 0.1) is 33.0 Å². The molecule has 0 radical (unpaired) electrons. The SMILES string of the molecule is CC.N=C(N)N1CCOCC1.NC(=O)CN1CCOCC1. The Balaban J connectivity index is 0.000000342. The van der Waals surface area contributed by atoms with Crippen molar-refractivity contribution in [3.63, 3.8) is 0 Å². The first-order valence-corrected chi connectivity index (χ1v) is 7.34. The number of nitrogens with one attached hydrogen (secondary N) is 1. The van der Waals surface area contributed by atoms with Crippen LogP contribution in [0.1, 0.15) is 13.8 Å². The van der Waals surface area contributed by atoms with Gasteiger partial charge in [-0.25, -0.2) is 0 Å². The Morgan fingerprint density at radius 2 is 1.43 bits per heavy atom. The van der Waals surface area contributed by atoms with Crippen LogP contribution >= 0.6 is 0 Å². The highest BCUT2D eigenvalue weighted by Gasteiger charge is 2.11. The Labute approximate surface area is 126 Å². The zero-order valence-electron chi connectivity index (χ0n) is 13.1. The third kappa shape index (κ3) is 10.1. The van der Waals surface area contributed by atoms with Crippen LogP contribution < -0.4 is 11.5 Å². The molecule has 21 heavy (non-hydrogen) atoms. The summed E-state index contributed by atoms with van der Waals surface area (Å²) in [6, 6.07) is 0. The number of morpholine rings is 2. The van der Waals surface area contributed by atoms with E-state index in [0.717, 1.165) is 26.2 Å². The van der Waals surface area contributed by atoms with Crippen LogP contribution in [0.3, 0.4) is 0 Å². The van der Waals surface area contributed by atoms with E-state index in [1.807, 2.05) is 18.7 Å². The number of carbonyl (C=O) groups excluding carboxylic acids is 1. The number of primary amides is 1. The van der Waals surface area contributed by atoms with Gasteiger partial charge in [0.15, 0.2) is 5.96 Å². The van der Waals surface area contributed by atoms with E-state index in [1.165, 1.54) is 0 Å². The van der Waals surface area contributed by atoms with Crippen LogP contribution in [0.15, 0.2) is 0 Å². The summed E-state index contributed by atoms with van der Waals surface area (Å²) in [6.07, 6.45) is 0. The van der Waals surface area contributed by atoms with Gasteiger partial charge in [0.2, 0.25) is 5.91 Å². The summed E-state index contributed by atoms with van der Waals surface area (Å²) in [5, 5.41) is 7.04. The monoisotopic (exact) mass is 303 g/mol. The molecule has 0 spiro atoms. The molecule has 5 N–H and O–H groups in total. The molecule has 0 saturated carbocycles. The maximum Gasteiger partial charge on any atom is 0.231 e. The normalized spacial score (nSPS) is 18.7. The smallest absolute Gasteiger partial charge is 0.231 e. The highest BCUT2D eigenvalue weighted by Crippen LogP contribution is 1.94. The van der Waals surface area contributed by atoms with E-state index in [4.69, 9.17) is 26.4 Å². The van der Waals surface area contributed by atoms with Gasteiger partial charge < -0.3 is 25.8 Å². The number of nitrogens with zero attached hydrogens (tertiary/aromatic N) is 2. The summed E-state index contributed by atoms with van der Waals surface area (Å²) in [5.41, 5.74) is 10.2. The molecule has 2 heterocycles. The van der Waals surface area contributed by atoms with Crippen LogP contribution in [0.4, 0.5) is 0 Å². The highest BCUT2D eigenvalue weighted by molar-refractivity contribution is 5.75. The second-order valence-corrected chi connectivity index (χ2v) is 4.34. The minimum absolute atomic E-state index is 0.151. The highest BCUT2D eigenvalue weighted by atomic mass is 16.5. The van der Waals surface area contributed by atoms with Crippen molar-refractivity contribution in [2.75, 3.05) is 59.2 Å². The number of hydrogen-bond donors (Lipinski definition) is 3. The molecule has 0 aromatic rings. The van der Waals surface area contributed by atoms with Crippen LogP contribution in [-0.4, -0.2) is 80.8 Å². The molecule has 8 nitrogen and oxygen atoms in total. The predicted molar refractivity (Wildman–Crippen MR) is 82.1 cm³/mol. The minimum Gasteiger partial charge on any atom is -0.379 e. The van der Waals surface area contributed by atoms with E-state index < -0.39 is 0 Å². The summed E-state index contributed by atoms with van der Waals surface area (Å²) in [6.45, 7) is 10.3. The average Bonchev–Trinajstić information content (AvgIpc) is 2.51. The lowest BCUT2D eigenvalue weighted by atomic mass is 10.4. The first-order valence-electron chi connectivity index (χ1n) is 7.34. The van der Waals surface area contributed by atoms with E-state index in [-0.39, 0.29) is 11.9 Å². The van der Waals surface area contributed by atoms with Gasteiger partial charge in [-0.3, -0.25) is 15.1 Å². The van der Waals surface area contributed by atoms with Gasteiger partial charge in [0.1, 0.15) is 0 Å². The van der Waals surface area contributed by atoms with Crippen LogP contribution in [-0.2, 0) is 14.3 Å². The molecule has 0 unspecified atom stereocenters. The fourth-order valence-electron chi connectivity index (χ4n) is 1.78. The maximum absolute atomic E-state index is 10.4. The molecule has 0 aromatic heterocycles. The fourth-order valence-corrected chi connectivity index (χ4v) is 1.78. The number of guanidine groups is 1. The van der Waals surface area contributed by atoms with Gasteiger partial charge in [0.25, 0.3) is 0 Å². The third-order valence-corrected chi connectivity index (χ3v) is 2.83. The van der Waals surface area contributed by atoms with E-state index in [2.05, 4.69) is 0 Å². The van der Waals surface area contributed by atoms with Crippen molar-refractivity contribution >= 4 is 11.9 Å². The van der Waals surface area contributed by atoms with Crippen molar-refractivity contribution in [2.24, 2.45) is 11.5 Å². The molecule has 2 fully saturated rings. The quantitative estimate of drug-likeness (QED) is 0.447. The Bertz CT molecular complexity index is 290. The number of hydrogen-bond acceptors (Lipinski definition) is 5. The molecule has 8 heteroatoms. The predicted octanol–water partition coefficient (Wildman–Crippen LogP) is -0.958. The average molecular weight is 303 g/mol. The van der Waals surface area contributed by atoms with Crippen LogP contribution in [0.2, 0.25) is 0 Å². The van der Waals surface area contributed by atoms with E-state index in [1.54, 1.807) is 4.90 Å². The van der Waals surface area contributed by atoms with Gasteiger partial charge in [-0.1, -0.05) is 13.8 Å². The summed E-state index contributed by atoms with van der Waals surface area (Å²) in [4.78, 5) is 14.2. The molecule has 0 aliphatic carbocycles. The zero-order valence-corrected chi connectivity index (χ0v) is 13.1.